The monoisotopic (exact) mass is 176 g/mol. The second-order valence-electron chi connectivity index (χ2n) is 2.82. The first-order valence-electron chi connectivity index (χ1n) is 3.72. The van der Waals surface area contributed by atoms with E-state index in [2.05, 4.69) is 27.7 Å². The zero-order valence-electron chi connectivity index (χ0n) is 6.57. The van der Waals surface area contributed by atoms with Crippen molar-refractivity contribution in [3.05, 3.63) is 0 Å². The fraction of sp³-hybridized carbons (Fsp3) is 1.00. The molecule has 0 aromatic rings. The molecule has 1 heteroatoms. The van der Waals surface area contributed by atoms with Gasteiger partial charge in [-0.15, -0.1) is 0 Å². The Balaban J connectivity index is 3.35. The molecule has 0 aliphatic carbocycles. The molecule has 0 bridgehead atoms. The molecule has 0 aliphatic heterocycles. The van der Waals surface area contributed by atoms with Crippen molar-refractivity contribution in [2.75, 3.05) is 0 Å². The van der Waals surface area contributed by atoms with Gasteiger partial charge in [-0.25, -0.2) is 0 Å². The average Bonchev–Trinajstić information content (AvgIpc) is 1.69. The summed E-state index contributed by atoms with van der Waals surface area (Å²) in [6.07, 6.45) is 0. The van der Waals surface area contributed by atoms with Crippen LogP contribution in [0.4, 0.5) is 0 Å². The third kappa shape index (κ3) is 2.75. The van der Waals surface area contributed by atoms with Gasteiger partial charge in [0.2, 0.25) is 0 Å². The van der Waals surface area contributed by atoms with E-state index in [0.29, 0.717) is 0 Å². The van der Waals surface area contributed by atoms with Gasteiger partial charge >= 0.3 is 57.3 Å². The van der Waals surface area contributed by atoms with Crippen molar-refractivity contribution in [2.45, 2.75) is 43.0 Å². The summed E-state index contributed by atoms with van der Waals surface area (Å²) in [6, 6.07) is 0. The molecule has 0 aromatic heterocycles. The Labute approximate surface area is 57.8 Å². The van der Waals surface area contributed by atoms with E-state index >= 15 is 0 Å². The van der Waals surface area contributed by atoms with Gasteiger partial charge in [0.15, 0.2) is 0 Å². The second kappa shape index (κ2) is 4.42. The molecule has 0 nitrogen and oxygen atoms in total. The predicted octanol–water partition coefficient (Wildman–Crippen LogP) is 2.66. The van der Waals surface area contributed by atoms with E-state index < -0.39 is 14.3 Å². The summed E-state index contributed by atoms with van der Waals surface area (Å²) in [4.78, 5) is 0. The molecule has 0 radical (unpaired) electrons. The molecule has 0 rings (SSSR count). The van der Waals surface area contributed by atoms with Crippen molar-refractivity contribution in [1.29, 1.82) is 0 Å². The van der Waals surface area contributed by atoms with Crippen LogP contribution in [0.25, 0.3) is 0 Å². The molecule has 0 aliphatic rings. The van der Waals surface area contributed by atoms with Crippen LogP contribution in [0.3, 0.4) is 0 Å². The first-order chi connectivity index (χ1) is 3.72. The number of hydrogen-bond donors (Lipinski definition) is 0. The van der Waals surface area contributed by atoms with Crippen LogP contribution in [0, 0.1) is 0 Å². The van der Waals surface area contributed by atoms with Crippen molar-refractivity contribution >= 4 is 14.3 Å². The van der Waals surface area contributed by atoms with E-state index in [1.165, 1.54) is 10.5 Å². The second-order valence-corrected chi connectivity index (χ2v) is 12.2. The van der Waals surface area contributed by atoms with Gasteiger partial charge in [0, 0.05) is 0 Å². The third-order valence-corrected chi connectivity index (χ3v) is 10.3. The molecule has 0 spiro atoms. The van der Waals surface area contributed by atoms with E-state index in [1.54, 1.807) is 0 Å². The third-order valence-electron chi connectivity index (χ3n) is 1.99. The standard InChI is InChI=1S/C7H18Ge/c1-5-8(6-2)7(3)4/h7-8H,5-6H2,1-4H3. The van der Waals surface area contributed by atoms with Crippen LogP contribution in [-0.4, -0.2) is 14.3 Å². The summed E-state index contributed by atoms with van der Waals surface area (Å²) >= 11 is -0.692. The first-order valence-corrected chi connectivity index (χ1v) is 8.54. The van der Waals surface area contributed by atoms with Crippen molar-refractivity contribution in [3.63, 3.8) is 0 Å². The van der Waals surface area contributed by atoms with Crippen LogP contribution in [0.2, 0.25) is 15.3 Å². The zero-order valence-corrected chi connectivity index (χ0v) is 8.99. The minimum atomic E-state index is -0.692. The summed E-state index contributed by atoms with van der Waals surface area (Å²) in [7, 11) is 0. The van der Waals surface area contributed by atoms with Crippen molar-refractivity contribution in [1.82, 2.24) is 0 Å². The van der Waals surface area contributed by atoms with Gasteiger partial charge < -0.3 is 0 Å². The van der Waals surface area contributed by atoms with Gasteiger partial charge in [0.05, 0.1) is 0 Å². The molecule has 0 atom stereocenters. The Morgan fingerprint density at radius 1 is 1.12 bits per heavy atom. The normalized spacial score (nSPS) is 11.2. The topological polar surface area (TPSA) is 0 Å². The van der Waals surface area contributed by atoms with Crippen molar-refractivity contribution < 1.29 is 0 Å². The Kier molecular flexibility index (Phi) is 4.72. The van der Waals surface area contributed by atoms with E-state index in [0.717, 1.165) is 4.75 Å². The van der Waals surface area contributed by atoms with E-state index in [9.17, 15) is 0 Å². The molecule has 0 amide bonds. The van der Waals surface area contributed by atoms with E-state index in [4.69, 9.17) is 0 Å². The van der Waals surface area contributed by atoms with Crippen LogP contribution in [0.1, 0.15) is 27.7 Å². The molecule has 50 valence electrons. The summed E-state index contributed by atoms with van der Waals surface area (Å²) < 4.78 is 1.07. The molecule has 0 N–H and O–H groups in total. The summed E-state index contributed by atoms with van der Waals surface area (Å²) in [5.41, 5.74) is 0. The zero-order chi connectivity index (χ0) is 6.57. The maximum absolute atomic E-state index is 2.39. The quantitative estimate of drug-likeness (QED) is 0.578. The minimum absolute atomic E-state index is 0.692. The summed E-state index contributed by atoms with van der Waals surface area (Å²) in [5.74, 6) is 0. The first kappa shape index (κ1) is 8.54. The van der Waals surface area contributed by atoms with Crippen molar-refractivity contribution in [2.24, 2.45) is 0 Å². The molecule has 0 heterocycles. The molecular weight excluding hydrogens is 157 g/mol. The molecule has 0 unspecified atom stereocenters. The molecule has 0 saturated heterocycles. The van der Waals surface area contributed by atoms with Crippen LogP contribution in [-0.2, 0) is 0 Å². The van der Waals surface area contributed by atoms with Crippen molar-refractivity contribution in [3.8, 4) is 0 Å². The Bertz CT molecular complexity index is 46.3. The number of rotatable bonds is 3. The molecule has 0 fully saturated rings. The summed E-state index contributed by atoms with van der Waals surface area (Å²) in [6.45, 7) is 9.48. The average molecular weight is 175 g/mol. The van der Waals surface area contributed by atoms with Crippen LogP contribution >= 0.6 is 0 Å². The number of hydrogen-bond acceptors (Lipinski definition) is 0. The Morgan fingerprint density at radius 2 is 1.50 bits per heavy atom. The fourth-order valence-electron chi connectivity index (χ4n) is 1.23. The van der Waals surface area contributed by atoms with Gasteiger partial charge in [-0.3, -0.25) is 0 Å². The fourth-order valence-corrected chi connectivity index (χ4v) is 6.40. The Hall–Kier alpha value is 0.543. The van der Waals surface area contributed by atoms with Gasteiger partial charge in [-0.05, 0) is 0 Å². The van der Waals surface area contributed by atoms with Gasteiger partial charge in [-0.2, -0.15) is 0 Å². The van der Waals surface area contributed by atoms with Gasteiger partial charge in [-0.1, -0.05) is 0 Å². The summed E-state index contributed by atoms with van der Waals surface area (Å²) in [5, 5.41) is 3.06. The van der Waals surface area contributed by atoms with E-state index in [1.807, 2.05) is 0 Å². The van der Waals surface area contributed by atoms with Crippen LogP contribution in [0.5, 0.6) is 0 Å². The molecule has 0 saturated carbocycles. The van der Waals surface area contributed by atoms with E-state index in [-0.39, 0.29) is 0 Å². The van der Waals surface area contributed by atoms with Crippen LogP contribution < -0.4 is 0 Å². The SMILES string of the molecule is C[CH2][GeH]([CH2]C)[CH](C)C. The molecular formula is C7H18Ge. The van der Waals surface area contributed by atoms with Gasteiger partial charge in [0.25, 0.3) is 0 Å². The Morgan fingerprint density at radius 3 is 1.50 bits per heavy atom. The maximum atomic E-state index is 2.39. The predicted molar refractivity (Wildman–Crippen MR) is 43.2 cm³/mol. The molecule has 0 aromatic carbocycles. The van der Waals surface area contributed by atoms with Gasteiger partial charge in [0.1, 0.15) is 0 Å². The molecule has 8 heavy (non-hydrogen) atoms. The van der Waals surface area contributed by atoms with Crippen LogP contribution in [0.15, 0.2) is 0 Å².